The molecule has 0 aromatic carbocycles. The van der Waals surface area contributed by atoms with Gasteiger partial charge in [-0.2, -0.15) is 0 Å². The monoisotopic (exact) mass is 316 g/mol. The van der Waals surface area contributed by atoms with Gasteiger partial charge in [0, 0.05) is 0 Å². The summed E-state index contributed by atoms with van der Waals surface area (Å²) in [7, 11) is 3.39. The van der Waals surface area contributed by atoms with Crippen molar-refractivity contribution < 1.29 is 0 Å². The molecule has 0 amide bonds. The molecule has 0 atom stereocenters. The molecule has 0 unspecified atom stereocenters. The van der Waals surface area contributed by atoms with Crippen molar-refractivity contribution in [2.75, 3.05) is 12.3 Å². The Balaban J connectivity index is 2.89. The van der Waals surface area contributed by atoms with Crippen LogP contribution >= 0.6 is 16.5 Å². The van der Waals surface area contributed by atoms with Crippen molar-refractivity contribution in [3.8, 4) is 0 Å². The number of unbranched alkanes of at least 4 members (excludes halogenated alkanes) is 12. The molecule has 2 radical (unpaired) electrons. The lowest BCUT2D eigenvalue weighted by atomic mass is 10.1. The van der Waals surface area contributed by atoms with Gasteiger partial charge in [-0.05, 0) is 41.7 Å². The Labute approximate surface area is 133 Å². The van der Waals surface area contributed by atoms with Crippen molar-refractivity contribution in [2.45, 2.75) is 104 Å². The maximum Gasteiger partial charge on any atom is -0.0242 e. The molecule has 0 bridgehead atoms. The van der Waals surface area contributed by atoms with Crippen molar-refractivity contribution in [1.29, 1.82) is 0 Å². The molecule has 0 aliphatic heterocycles. The molecular formula is C18H38P2. The van der Waals surface area contributed by atoms with Gasteiger partial charge in [0.1, 0.15) is 0 Å². The lowest BCUT2D eigenvalue weighted by Crippen LogP contribution is -1.82. The molecule has 0 rings (SSSR count). The summed E-state index contributed by atoms with van der Waals surface area (Å²) in [5, 5.41) is 0. The van der Waals surface area contributed by atoms with E-state index < -0.39 is 0 Å². The molecule has 0 aromatic heterocycles. The topological polar surface area (TPSA) is 0 Å². The largest absolute Gasteiger partial charge is 0.0654 e. The lowest BCUT2D eigenvalue weighted by molar-refractivity contribution is 0.603. The van der Waals surface area contributed by atoms with Crippen LogP contribution < -0.4 is 0 Å². The van der Waals surface area contributed by atoms with E-state index in [1.54, 1.807) is 16.5 Å². The predicted molar refractivity (Wildman–Crippen MR) is 99.6 cm³/mol. The Morgan fingerprint density at radius 2 is 0.700 bits per heavy atom. The zero-order chi connectivity index (χ0) is 14.7. The second kappa shape index (κ2) is 19.9. The SMILES string of the molecule is CCCCCCCCC[P][P]CCCCCCCCC. The van der Waals surface area contributed by atoms with Crippen LogP contribution in [0.15, 0.2) is 0 Å². The first kappa shape index (κ1) is 20.9. The van der Waals surface area contributed by atoms with Gasteiger partial charge in [-0.15, -0.1) is 0 Å². The van der Waals surface area contributed by atoms with Crippen molar-refractivity contribution in [1.82, 2.24) is 0 Å². The summed E-state index contributed by atoms with van der Waals surface area (Å²) in [5.74, 6) is 0. The Bertz CT molecular complexity index is 141. The fraction of sp³-hybridized carbons (Fsp3) is 1.00. The minimum Gasteiger partial charge on any atom is -0.0654 e. The molecule has 0 aromatic rings. The van der Waals surface area contributed by atoms with Crippen LogP contribution in [0.4, 0.5) is 0 Å². The zero-order valence-electron chi connectivity index (χ0n) is 14.2. The van der Waals surface area contributed by atoms with Crippen molar-refractivity contribution >= 4 is 16.5 Å². The highest BCUT2D eigenvalue weighted by Crippen LogP contribution is 2.38. The van der Waals surface area contributed by atoms with Gasteiger partial charge >= 0.3 is 0 Å². The minimum absolute atomic E-state index is 1.37. The van der Waals surface area contributed by atoms with Gasteiger partial charge in [-0.1, -0.05) is 90.9 Å². The van der Waals surface area contributed by atoms with E-state index in [1.807, 2.05) is 0 Å². The second-order valence-corrected chi connectivity index (χ2v) is 9.13. The van der Waals surface area contributed by atoms with E-state index in [0.29, 0.717) is 0 Å². The summed E-state index contributed by atoms with van der Waals surface area (Å²) in [6, 6.07) is 0. The van der Waals surface area contributed by atoms with Gasteiger partial charge in [-0.3, -0.25) is 0 Å². The average Bonchev–Trinajstić information content (AvgIpc) is 2.47. The molecule has 120 valence electrons. The molecule has 0 aliphatic carbocycles. The van der Waals surface area contributed by atoms with E-state index in [-0.39, 0.29) is 0 Å². The first-order chi connectivity index (χ1) is 9.91. The van der Waals surface area contributed by atoms with Gasteiger partial charge in [-0.25, -0.2) is 0 Å². The van der Waals surface area contributed by atoms with Crippen molar-refractivity contribution in [2.24, 2.45) is 0 Å². The molecule has 0 aliphatic rings. The molecule has 2 heteroatoms. The van der Waals surface area contributed by atoms with Crippen molar-refractivity contribution in [3.63, 3.8) is 0 Å². The van der Waals surface area contributed by atoms with Crippen LogP contribution in [0.3, 0.4) is 0 Å². The summed E-state index contributed by atoms with van der Waals surface area (Å²) < 4.78 is 0. The Morgan fingerprint density at radius 1 is 0.400 bits per heavy atom. The minimum atomic E-state index is 1.37. The first-order valence-electron chi connectivity index (χ1n) is 9.25. The fourth-order valence-corrected chi connectivity index (χ4v) is 5.13. The highest BCUT2D eigenvalue weighted by molar-refractivity contribution is 8.11. The molecule has 0 N–H and O–H groups in total. The van der Waals surface area contributed by atoms with E-state index in [1.165, 1.54) is 102 Å². The van der Waals surface area contributed by atoms with E-state index in [9.17, 15) is 0 Å². The second-order valence-electron chi connectivity index (χ2n) is 5.97. The molecule has 20 heavy (non-hydrogen) atoms. The van der Waals surface area contributed by atoms with Crippen LogP contribution in [0.1, 0.15) is 104 Å². The van der Waals surface area contributed by atoms with E-state index in [4.69, 9.17) is 0 Å². The predicted octanol–water partition coefficient (Wildman–Crippen LogP) is 8.30. The molecule has 0 nitrogen and oxygen atoms in total. The van der Waals surface area contributed by atoms with Crippen LogP contribution in [-0.2, 0) is 0 Å². The zero-order valence-corrected chi connectivity index (χ0v) is 16.0. The summed E-state index contributed by atoms with van der Waals surface area (Å²) >= 11 is 0. The summed E-state index contributed by atoms with van der Waals surface area (Å²) in [5.41, 5.74) is 0. The maximum atomic E-state index is 2.29. The van der Waals surface area contributed by atoms with Gasteiger partial charge < -0.3 is 0 Å². The smallest absolute Gasteiger partial charge is 0.0242 e. The standard InChI is InChI=1S/C18H38P2/c1-3-5-7-9-11-13-15-17-19-20-18-16-14-12-10-8-6-4-2/h3-18H2,1-2H3. The van der Waals surface area contributed by atoms with Crippen molar-refractivity contribution in [3.05, 3.63) is 0 Å². The average molecular weight is 316 g/mol. The van der Waals surface area contributed by atoms with E-state index in [2.05, 4.69) is 13.8 Å². The van der Waals surface area contributed by atoms with Gasteiger partial charge in [0.15, 0.2) is 0 Å². The summed E-state index contributed by atoms with van der Waals surface area (Å²) in [6.45, 7) is 4.59. The Hall–Kier alpha value is 0.860. The number of hydrogen-bond donors (Lipinski definition) is 0. The molecule has 0 heterocycles. The third kappa shape index (κ3) is 18.9. The van der Waals surface area contributed by atoms with Crippen LogP contribution in [-0.4, -0.2) is 12.3 Å². The normalized spacial score (nSPS) is 12.3. The third-order valence-corrected chi connectivity index (χ3v) is 6.86. The molecule has 0 spiro atoms. The molecular weight excluding hydrogens is 278 g/mol. The van der Waals surface area contributed by atoms with Crippen LogP contribution in [0.2, 0.25) is 0 Å². The number of rotatable bonds is 17. The van der Waals surface area contributed by atoms with E-state index in [0.717, 1.165) is 0 Å². The van der Waals surface area contributed by atoms with Crippen LogP contribution in [0.25, 0.3) is 0 Å². The van der Waals surface area contributed by atoms with E-state index >= 15 is 0 Å². The van der Waals surface area contributed by atoms with Gasteiger partial charge in [0.25, 0.3) is 0 Å². The highest BCUT2D eigenvalue weighted by atomic mass is 32.0. The fourth-order valence-electron chi connectivity index (χ4n) is 2.42. The highest BCUT2D eigenvalue weighted by Gasteiger charge is 1.95. The Morgan fingerprint density at radius 3 is 1.05 bits per heavy atom. The molecule has 0 fully saturated rings. The molecule has 0 saturated carbocycles. The van der Waals surface area contributed by atoms with Crippen LogP contribution in [0.5, 0.6) is 0 Å². The Kier molecular flexibility index (Phi) is 20.7. The third-order valence-electron chi connectivity index (χ3n) is 3.82. The molecule has 0 saturated heterocycles. The lowest BCUT2D eigenvalue weighted by Gasteiger charge is -2.02. The number of hydrogen-bond acceptors (Lipinski definition) is 0. The van der Waals surface area contributed by atoms with Crippen LogP contribution in [0, 0.1) is 0 Å². The quantitative estimate of drug-likeness (QED) is 0.187. The van der Waals surface area contributed by atoms with Gasteiger partial charge in [0.05, 0.1) is 0 Å². The summed E-state index contributed by atoms with van der Waals surface area (Å²) in [4.78, 5) is 0. The first-order valence-corrected chi connectivity index (χ1v) is 12.1. The maximum absolute atomic E-state index is 2.29. The van der Waals surface area contributed by atoms with Gasteiger partial charge in [0.2, 0.25) is 0 Å². The summed E-state index contributed by atoms with van der Waals surface area (Å²) in [6.07, 6.45) is 23.2.